The molecule has 0 saturated carbocycles. The van der Waals surface area contributed by atoms with Crippen LogP contribution in [-0.4, -0.2) is 38.8 Å². The normalized spacial score (nSPS) is 12.0. The third-order valence-corrected chi connectivity index (χ3v) is 4.79. The van der Waals surface area contributed by atoms with Crippen molar-refractivity contribution in [1.29, 1.82) is 0 Å². The molecule has 2 aromatic rings. The van der Waals surface area contributed by atoms with E-state index >= 15 is 0 Å². The van der Waals surface area contributed by atoms with E-state index in [1.165, 1.54) is 26.3 Å². The zero-order valence-electron chi connectivity index (χ0n) is 13.8. The number of rotatable bonds is 5. The van der Waals surface area contributed by atoms with Crippen LogP contribution >= 0.6 is 11.6 Å². The van der Waals surface area contributed by atoms with Crippen molar-refractivity contribution in [1.82, 2.24) is 9.97 Å². The molecule has 0 aliphatic carbocycles. The Hall–Kier alpha value is -2.27. The highest BCUT2D eigenvalue weighted by Crippen LogP contribution is 2.37. The summed E-state index contributed by atoms with van der Waals surface area (Å²) in [7, 11) is -1.00. The number of anilines is 3. The SMILES string of the molecule is CNc1nc(Nc2cc(Cl)c(S(C)(=O)=O)cc2OC)ncc1C(F)(F)F. The maximum atomic E-state index is 12.9. The first-order chi connectivity index (χ1) is 12.0. The summed E-state index contributed by atoms with van der Waals surface area (Å²) in [5, 5.41) is 4.93. The van der Waals surface area contributed by atoms with E-state index in [4.69, 9.17) is 16.3 Å². The van der Waals surface area contributed by atoms with Crippen molar-refractivity contribution in [3.8, 4) is 5.75 Å². The number of alkyl halides is 3. The van der Waals surface area contributed by atoms with Gasteiger partial charge in [-0.1, -0.05) is 11.6 Å². The number of hydrogen-bond acceptors (Lipinski definition) is 7. The second-order valence-electron chi connectivity index (χ2n) is 5.08. The molecule has 2 N–H and O–H groups in total. The predicted octanol–water partition coefficient (Wildman–Crippen LogP) is 3.35. The van der Waals surface area contributed by atoms with E-state index in [-0.39, 0.29) is 27.3 Å². The minimum Gasteiger partial charge on any atom is -0.495 e. The summed E-state index contributed by atoms with van der Waals surface area (Å²) in [6.45, 7) is 0. The standard InChI is InChI=1S/C14H14ClF3N4O3S/c1-19-12-7(14(16,17)18)6-20-13(22-12)21-9-4-8(15)11(26(3,23)24)5-10(9)25-2/h4-6H,1-3H3,(H2,19,20,21,22). The van der Waals surface area contributed by atoms with Gasteiger partial charge in [0.25, 0.3) is 0 Å². The Balaban J connectivity index is 2.47. The zero-order chi connectivity index (χ0) is 19.7. The van der Waals surface area contributed by atoms with Crippen LogP contribution in [0.1, 0.15) is 5.56 Å². The number of hydrogen-bond donors (Lipinski definition) is 2. The molecular formula is C14H14ClF3N4O3S. The summed E-state index contributed by atoms with van der Waals surface area (Å²) in [4.78, 5) is 7.24. The average Bonchev–Trinajstić information content (AvgIpc) is 2.52. The highest BCUT2D eigenvalue weighted by molar-refractivity contribution is 7.90. The monoisotopic (exact) mass is 410 g/mol. The lowest BCUT2D eigenvalue weighted by molar-refractivity contribution is -0.137. The second-order valence-corrected chi connectivity index (χ2v) is 7.48. The Morgan fingerprint density at radius 2 is 1.92 bits per heavy atom. The fourth-order valence-corrected chi connectivity index (χ4v) is 3.36. The summed E-state index contributed by atoms with van der Waals surface area (Å²) >= 11 is 5.98. The average molecular weight is 411 g/mol. The first-order valence-corrected chi connectivity index (χ1v) is 9.21. The van der Waals surface area contributed by atoms with Crippen molar-refractivity contribution in [2.24, 2.45) is 0 Å². The van der Waals surface area contributed by atoms with Crippen LogP contribution in [0.3, 0.4) is 0 Å². The topological polar surface area (TPSA) is 93.2 Å². The summed E-state index contributed by atoms with van der Waals surface area (Å²) in [6.07, 6.45) is -3.01. The predicted molar refractivity (Wildman–Crippen MR) is 91.0 cm³/mol. The molecular weight excluding hydrogens is 397 g/mol. The Kier molecular flexibility index (Phi) is 5.52. The smallest absolute Gasteiger partial charge is 0.421 e. The van der Waals surface area contributed by atoms with Gasteiger partial charge < -0.3 is 15.4 Å². The van der Waals surface area contributed by atoms with Crippen molar-refractivity contribution < 1.29 is 26.3 Å². The van der Waals surface area contributed by atoms with Gasteiger partial charge in [-0.25, -0.2) is 13.4 Å². The fraction of sp³-hybridized carbons (Fsp3) is 0.286. The first kappa shape index (κ1) is 20.0. The molecule has 0 unspecified atom stereocenters. The van der Waals surface area contributed by atoms with Gasteiger partial charge in [-0.2, -0.15) is 18.2 Å². The second kappa shape index (κ2) is 7.16. The van der Waals surface area contributed by atoms with Crippen molar-refractivity contribution >= 4 is 38.9 Å². The lowest BCUT2D eigenvalue weighted by Gasteiger charge is -2.15. The number of nitrogens with one attached hydrogen (secondary N) is 2. The molecule has 0 amide bonds. The van der Waals surface area contributed by atoms with Crippen molar-refractivity contribution in [2.75, 3.05) is 31.0 Å². The van der Waals surface area contributed by atoms with E-state index in [9.17, 15) is 21.6 Å². The molecule has 142 valence electrons. The number of halogens is 4. The van der Waals surface area contributed by atoms with Gasteiger partial charge in [0.2, 0.25) is 5.95 Å². The zero-order valence-corrected chi connectivity index (χ0v) is 15.3. The molecule has 0 fully saturated rings. The fourth-order valence-electron chi connectivity index (χ4n) is 2.05. The molecule has 0 bridgehead atoms. The van der Waals surface area contributed by atoms with E-state index in [1.54, 1.807) is 0 Å². The van der Waals surface area contributed by atoms with Crippen LogP contribution in [0.15, 0.2) is 23.2 Å². The van der Waals surface area contributed by atoms with Crippen LogP contribution in [0.5, 0.6) is 5.75 Å². The summed E-state index contributed by atoms with van der Waals surface area (Å²) in [5.74, 6) is -0.485. The molecule has 0 aliphatic heterocycles. The Morgan fingerprint density at radius 1 is 1.27 bits per heavy atom. The van der Waals surface area contributed by atoms with Crippen LogP contribution in [0.2, 0.25) is 5.02 Å². The van der Waals surface area contributed by atoms with Gasteiger partial charge in [-0.05, 0) is 6.07 Å². The molecule has 0 radical (unpaired) electrons. The Bertz CT molecular complexity index is 936. The van der Waals surface area contributed by atoms with Gasteiger partial charge in [0.05, 0.1) is 22.7 Å². The van der Waals surface area contributed by atoms with E-state index < -0.39 is 27.4 Å². The highest BCUT2D eigenvalue weighted by atomic mass is 35.5. The van der Waals surface area contributed by atoms with Crippen molar-refractivity contribution in [2.45, 2.75) is 11.1 Å². The van der Waals surface area contributed by atoms with Gasteiger partial charge in [-0.15, -0.1) is 0 Å². The number of benzene rings is 1. The quantitative estimate of drug-likeness (QED) is 0.780. The molecule has 1 aromatic heterocycles. The third-order valence-electron chi connectivity index (χ3n) is 3.23. The number of nitrogens with zero attached hydrogens (tertiary/aromatic N) is 2. The van der Waals surface area contributed by atoms with E-state index in [1.807, 2.05) is 0 Å². The largest absolute Gasteiger partial charge is 0.495 e. The number of methoxy groups -OCH3 is 1. The molecule has 0 atom stereocenters. The van der Waals surface area contributed by atoms with Crippen molar-refractivity contribution in [3.05, 3.63) is 28.9 Å². The maximum Gasteiger partial charge on any atom is 0.421 e. The summed E-state index contributed by atoms with van der Waals surface area (Å²) in [5.41, 5.74) is -0.838. The lowest BCUT2D eigenvalue weighted by Crippen LogP contribution is -2.12. The van der Waals surface area contributed by atoms with Crippen LogP contribution in [-0.2, 0) is 16.0 Å². The van der Waals surface area contributed by atoms with E-state index in [2.05, 4.69) is 20.6 Å². The van der Waals surface area contributed by atoms with Gasteiger partial charge in [0.15, 0.2) is 9.84 Å². The Morgan fingerprint density at radius 3 is 2.42 bits per heavy atom. The molecule has 2 rings (SSSR count). The molecule has 7 nitrogen and oxygen atoms in total. The minimum absolute atomic E-state index is 0.0865. The van der Waals surface area contributed by atoms with Crippen LogP contribution in [0.4, 0.5) is 30.6 Å². The molecule has 1 heterocycles. The first-order valence-electron chi connectivity index (χ1n) is 6.94. The maximum absolute atomic E-state index is 12.9. The molecule has 12 heteroatoms. The molecule has 0 aliphatic rings. The third kappa shape index (κ3) is 4.28. The molecule has 0 saturated heterocycles. The molecule has 26 heavy (non-hydrogen) atoms. The summed E-state index contributed by atoms with van der Waals surface area (Å²) in [6, 6.07) is 2.46. The van der Waals surface area contributed by atoms with Crippen LogP contribution in [0.25, 0.3) is 0 Å². The number of ether oxygens (including phenoxy) is 1. The Labute approximate surface area is 152 Å². The van der Waals surface area contributed by atoms with Crippen molar-refractivity contribution in [3.63, 3.8) is 0 Å². The molecule has 1 aromatic carbocycles. The lowest BCUT2D eigenvalue weighted by atomic mass is 10.3. The number of aromatic nitrogens is 2. The van der Waals surface area contributed by atoms with Crippen LogP contribution in [0, 0.1) is 0 Å². The van der Waals surface area contributed by atoms with Gasteiger partial charge >= 0.3 is 6.18 Å². The minimum atomic E-state index is -4.62. The van der Waals surface area contributed by atoms with Crippen LogP contribution < -0.4 is 15.4 Å². The molecule has 0 spiro atoms. The summed E-state index contributed by atoms with van der Waals surface area (Å²) < 4.78 is 67.2. The van der Waals surface area contributed by atoms with E-state index in [0.717, 1.165) is 6.26 Å². The van der Waals surface area contributed by atoms with Gasteiger partial charge in [0.1, 0.15) is 17.1 Å². The van der Waals surface area contributed by atoms with E-state index in [0.29, 0.717) is 6.20 Å². The number of sulfone groups is 1. The van der Waals surface area contributed by atoms with Gasteiger partial charge in [0, 0.05) is 25.6 Å². The highest BCUT2D eigenvalue weighted by Gasteiger charge is 2.35. The van der Waals surface area contributed by atoms with Gasteiger partial charge in [-0.3, -0.25) is 0 Å².